The molecule has 0 aliphatic heterocycles. The molecule has 146 valence electrons. The molecule has 0 unspecified atom stereocenters. The molecular formula is C21H24N4OS2. The number of rotatable bonds is 5. The van der Waals surface area contributed by atoms with Gasteiger partial charge in [0.15, 0.2) is 0 Å². The molecule has 3 aromatic heterocycles. The van der Waals surface area contributed by atoms with Gasteiger partial charge in [0.1, 0.15) is 6.07 Å². The van der Waals surface area contributed by atoms with Crippen molar-refractivity contribution in [3.8, 4) is 6.07 Å². The summed E-state index contributed by atoms with van der Waals surface area (Å²) in [4.78, 5) is 13.9. The number of hydrogen-bond donors (Lipinski definition) is 1. The first-order valence-electron chi connectivity index (χ1n) is 8.77. The zero-order valence-electron chi connectivity index (χ0n) is 16.2. The van der Waals surface area contributed by atoms with Gasteiger partial charge in [0.2, 0.25) is 0 Å². The van der Waals surface area contributed by atoms with Gasteiger partial charge in [-0.05, 0) is 42.7 Å². The summed E-state index contributed by atoms with van der Waals surface area (Å²) in [6, 6.07) is 8.04. The highest BCUT2D eigenvalue weighted by Gasteiger charge is 2.11. The first-order chi connectivity index (χ1) is 13.2. The molecule has 0 aliphatic carbocycles. The van der Waals surface area contributed by atoms with Gasteiger partial charge in [0.25, 0.3) is 0 Å². The van der Waals surface area contributed by atoms with Gasteiger partial charge >= 0.3 is 0 Å². The van der Waals surface area contributed by atoms with Crippen molar-refractivity contribution in [1.82, 2.24) is 15.0 Å². The van der Waals surface area contributed by atoms with Crippen LogP contribution in [0.3, 0.4) is 0 Å². The number of thiol groups is 1. The summed E-state index contributed by atoms with van der Waals surface area (Å²) >= 11 is 5.88. The summed E-state index contributed by atoms with van der Waals surface area (Å²) < 4.78 is 0. The molecule has 3 aromatic rings. The van der Waals surface area contributed by atoms with Crippen molar-refractivity contribution in [1.29, 1.82) is 5.26 Å². The minimum atomic E-state index is 0. The molecule has 0 radical (unpaired) electrons. The average Bonchev–Trinajstić information content (AvgIpc) is 3.22. The van der Waals surface area contributed by atoms with Crippen molar-refractivity contribution in [2.75, 3.05) is 0 Å². The van der Waals surface area contributed by atoms with Crippen LogP contribution in [0.25, 0.3) is 11.6 Å². The Morgan fingerprint density at radius 2 is 1.96 bits per heavy atom. The van der Waals surface area contributed by atoms with Crippen LogP contribution in [0.15, 0.2) is 47.1 Å². The maximum Gasteiger partial charge on any atom is 0.101 e. The Morgan fingerprint density at radius 3 is 2.57 bits per heavy atom. The van der Waals surface area contributed by atoms with Gasteiger partial charge in [-0.15, -0.1) is 24.0 Å². The normalized spacial score (nSPS) is 10.3. The van der Waals surface area contributed by atoms with E-state index >= 15 is 0 Å². The van der Waals surface area contributed by atoms with Crippen LogP contribution in [0.5, 0.6) is 0 Å². The SMILES string of the molecule is CC.Cc1cnc(/C(C#N)=C/c2ccc(S)cn2)c(CCc2nccs2)c1.O. The summed E-state index contributed by atoms with van der Waals surface area (Å²) in [7, 11) is 0. The molecule has 0 saturated heterocycles. The molecule has 28 heavy (non-hydrogen) atoms. The van der Waals surface area contributed by atoms with E-state index in [0.717, 1.165) is 33.9 Å². The molecule has 0 aromatic carbocycles. The first kappa shape index (κ1) is 23.5. The second-order valence-corrected chi connectivity index (χ2v) is 7.05. The van der Waals surface area contributed by atoms with E-state index < -0.39 is 0 Å². The van der Waals surface area contributed by atoms with Gasteiger partial charge in [-0.2, -0.15) is 5.26 Å². The molecule has 0 spiro atoms. The molecule has 0 bridgehead atoms. The fourth-order valence-corrected chi connectivity index (χ4v) is 3.22. The number of pyridine rings is 2. The smallest absolute Gasteiger partial charge is 0.101 e. The Hall–Kier alpha value is -2.53. The summed E-state index contributed by atoms with van der Waals surface area (Å²) in [5.74, 6) is 0. The van der Waals surface area contributed by atoms with E-state index in [-0.39, 0.29) is 5.48 Å². The van der Waals surface area contributed by atoms with E-state index in [0.29, 0.717) is 17.0 Å². The Morgan fingerprint density at radius 1 is 1.18 bits per heavy atom. The van der Waals surface area contributed by atoms with Gasteiger partial charge < -0.3 is 5.48 Å². The lowest BCUT2D eigenvalue weighted by Crippen LogP contribution is -2.00. The summed E-state index contributed by atoms with van der Waals surface area (Å²) in [5.41, 5.74) is 4.05. The summed E-state index contributed by atoms with van der Waals surface area (Å²) in [6.07, 6.45) is 8.65. The third-order valence-electron chi connectivity index (χ3n) is 3.63. The molecule has 5 nitrogen and oxygen atoms in total. The highest BCUT2D eigenvalue weighted by atomic mass is 32.1. The quantitative estimate of drug-likeness (QED) is 0.490. The highest BCUT2D eigenvalue weighted by molar-refractivity contribution is 7.80. The van der Waals surface area contributed by atoms with E-state index in [1.165, 1.54) is 0 Å². The monoisotopic (exact) mass is 412 g/mol. The van der Waals surface area contributed by atoms with Crippen LogP contribution in [0, 0.1) is 18.3 Å². The molecule has 0 aliphatic rings. The third-order valence-corrected chi connectivity index (χ3v) is 4.74. The zero-order valence-corrected chi connectivity index (χ0v) is 17.9. The van der Waals surface area contributed by atoms with Crippen LogP contribution < -0.4 is 0 Å². The Kier molecular flexibility index (Phi) is 10.1. The van der Waals surface area contributed by atoms with Gasteiger partial charge in [-0.25, -0.2) is 4.98 Å². The average molecular weight is 413 g/mol. The standard InChI is InChI=1S/C19H16N4S2.C2H6.H2O/c1-13-8-14(2-5-18-21-6-7-25-18)19(23-11-13)15(10-20)9-16-3-4-17(24)12-22-16;1-2;/h3-4,6-9,11-12,24H,2,5H2,1H3;1-2H3;1H2/b15-9+;;. The van der Waals surface area contributed by atoms with Crippen molar-refractivity contribution in [3.63, 3.8) is 0 Å². The van der Waals surface area contributed by atoms with E-state index in [9.17, 15) is 5.26 Å². The number of aromatic nitrogens is 3. The van der Waals surface area contributed by atoms with E-state index in [1.54, 1.807) is 29.8 Å². The molecule has 0 atom stereocenters. The van der Waals surface area contributed by atoms with Crippen LogP contribution in [0.4, 0.5) is 0 Å². The van der Waals surface area contributed by atoms with Crippen molar-refractivity contribution >= 4 is 35.6 Å². The van der Waals surface area contributed by atoms with Crippen molar-refractivity contribution in [2.24, 2.45) is 0 Å². The minimum Gasteiger partial charge on any atom is -0.412 e. The zero-order chi connectivity index (χ0) is 19.6. The van der Waals surface area contributed by atoms with Crippen molar-refractivity contribution < 1.29 is 5.48 Å². The van der Waals surface area contributed by atoms with Gasteiger partial charge in [0.05, 0.1) is 22.0 Å². The number of aryl methyl sites for hydroxylation is 3. The largest absolute Gasteiger partial charge is 0.412 e. The molecule has 2 N–H and O–H groups in total. The second-order valence-electron chi connectivity index (χ2n) is 5.56. The lowest BCUT2D eigenvalue weighted by atomic mass is 10.0. The van der Waals surface area contributed by atoms with E-state index in [1.807, 2.05) is 44.5 Å². The van der Waals surface area contributed by atoms with Crippen molar-refractivity contribution in [2.45, 2.75) is 38.5 Å². The van der Waals surface area contributed by atoms with Gasteiger partial charge in [0, 0.05) is 35.3 Å². The topological polar surface area (TPSA) is 94.0 Å². The molecule has 3 heterocycles. The van der Waals surface area contributed by atoms with Gasteiger partial charge in [-0.1, -0.05) is 19.9 Å². The molecule has 7 heteroatoms. The Balaban J connectivity index is 0.00000127. The summed E-state index contributed by atoms with van der Waals surface area (Å²) in [6.45, 7) is 6.01. The number of allylic oxidation sites excluding steroid dienone is 1. The number of hydrogen-bond acceptors (Lipinski definition) is 6. The number of thiazole rings is 1. The maximum absolute atomic E-state index is 9.63. The van der Waals surface area contributed by atoms with Crippen LogP contribution in [0.2, 0.25) is 0 Å². The summed E-state index contributed by atoms with van der Waals surface area (Å²) in [5, 5.41) is 12.7. The molecule has 3 rings (SSSR count). The van der Waals surface area contributed by atoms with E-state index in [2.05, 4.69) is 39.7 Å². The molecule has 0 amide bonds. The lowest BCUT2D eigenvalue weighted by molar-refractivity contribution is 0.824. The van der Waals surface area contributed by atoms with Crippen LogP contribution >= 0.6 is 24.0 Å². The number of nitrogens with zero attached hydrogens (tertiary/aromatic N) is 4. The molecule has 0 fully saturated rings. The molecule has 0 saturated carbocycles. The molecular weight excluding hydrogens is 388 g/mol. The second kappa shape index (κ2) is 12.0. The van der Waals surface area contributed by atoms with Crippen molar-refractivity contribution in [3.05, 3.63) is 69.7 Å². The first-order valence-corrected chi connectivity index (χ1v) is 10.1. The van der Waals surface area contributed by atoms with Crippen LogP contribution in [-0.2, 0) is 12.8 Å². The van der Waals surface area contributed by atoms with Gasteiger partial charge in [-0.3, -0.25) is 9.97 Å². The predicted molar refractivity (Wildman–Crippen MR) is 118 cm³/mol. The fourth-order valence-electron chi connectivity index (χ4n) is 2.47. The highest BCUT2D eigenvalue weighted by Crippen LogP contribution is 2.22. The van der Waals surface area contributed by atoms with Crippen LogP contribution in [-0.4, -0.2) is 20.4 Å². The lowest BCUT2D eigenvalue weighted by Gasteiger charge is -2.08. The fraction of sp³-hybridized carbons (Fsp3) is 0.238. The predicted octanol–water partition coefficient (Wildman–Crippen LogP) is 4.58. The maximum atomic E-state index is 9.63. The minimum absolute atomic E-state index is 0. The van der Waals surface area contributed by atoms with E-state index in [4.69, 9.17) is 0 Å². The van der Waals surface area contributed by atoms with Crippen LogP contribution in [0.1, 0.15) is 41.4 Å². The number of nitriles is 1. The third kappa shape index (κ3) is 6.57. The Labute approximate surface area is 175 Å². The Bertz CT molecular complexity index is 930.